The summed E-state index contributed by atoms with van der Waals surface area (Å²) in [7, 11) is 4.54. The maximum Gasteiger partial charge on any atom is 0.257 e. The van der Waals surface area contributed by atoms with E-state index in [-0.39, 0.29) is 23.8 Å². The monoisotopic (exact) mass is 337 g/mol. The Morgan fingerprint density at radius 3 is 2.62 bits per heavy atom. The Balaban J connectivity index is 1.91. The van der Waals surface area contributed by atoms with Crippen LogP contribution in [0.25, 0.3) is 0 Å². The van der Waals surface area contributed by atoms with E-state index in [1.165, 1.54) is 21.3 Å². The van der Waals surface area contributed by atoms with E-state index in [1.54, 1.807) is 17.0 Å². The van der Waals surface area contributed by atoms with Crippen LogP contribution in [-0.4, -0.2) is 70.2 Å². The number of likely N-dealkylation sites (tertiary alicyclic amines) is 1. The summed E-state index contributed by atoms with van der Waals surface area (Å²) >= 11 is 0. The number of hydrogen-bond acceptors (Lipinski definition) is 6. The second-order valence-electron chi connectivity index (χ2n) is 6.30. The molecule has 0 aromatic heterocycles. The van der Waals surface area contributed by atoms with Crippen LogP contribution in [0.1, 0.15) is 10.4 Å². The average Bonchev–Trinajstić information content (AvgIpc) is 3.17. The van der Waals surface area contributed by atoms with Crippen molar-refractivity contribution in [1.29, 1.82) is 0 Å². The SMILES string of the molecule is COc1ccc(C(=O)N2C[C@H]3COC[C@@]3(CO)C2)c(OC)c1OC. The molecule has 132 valence electrons. The van der Waals surface area contributed by atoms with E-state index >= 15 is 0 Å². The molecule has 1 amide bonds. The molecule has 2 aliphatic heterocycles. The molecule has 0 aliphatic carbocycles. The van der Waals surface area contributed by atoms with Gasteiger partial charge >= 0.3 is 0 Å². The van der Waals surface area contributed by atoms with Crippen LogP contribution < -0.4 is 14.2 Å². The van der Waals surface area contributed by atoms with Gasteiger partial charge in [-0.1, -0.05) is 0 Å². The molecule has 2 heterocycles. The van der Waals surface area contributed by atoms with Gasteiger partial charge < -0.3 is 29.0 Å². The van der Waals surface area contributed by atoms with Crippen LogP contribution in [0.4, 0.5) is 0 Å². The fourth-order valence-electron chi connectivity index (χ4n) is 3.65. The standard InChI is InChI=1S/C17H23NO6/c1-21-13-5-4-12(14(22-2)15(13)23-3)16(20)18-6-11-7-24-10-17(11,8-18)9-19/h4-5,11,19H,6-10H2,1-3H3/t11-,17-/m0/s1. The first-order valence-corrected chi connectivity index (χ1v) is 7.87. The molecule has 1 aromatic carbocycles. The van der Waals surface area contributed by atoms with Crippen LogP contribution in [0, 0.1) is 11.3 Å². The lowest BCUT2D eigenvalue weighted by Crippen LogP contribution is -2.36. The van der Waals surface area contributed by atoms with Gasteiger partial charge in [-0.15, -0.1) is 0 Å². The Morgan fingerprint density at radius 2 is 2.04 bits per heavy atom. The number of fused-ring (bicyclic) bond motifs is 1. The molecule has 0 spiro atoms. The number of aliphatic hydroxyl groups is 1. The third-order valence-electron chi connectivity index (χ3n) is 5.06. The normalized spacial score (nSPS) is 25.5. The number of hydrogen-bond donors (Lipinski definition) is 1. The molecule has 3 rings (SSSR count). The second-order valence-corrected chi connectivity index (χ2v) is 6.30. The lowest BCUT2D eigenvalue weighted by molar-refractivity contribution is 0.0628. The van der Waals surface area contributed by atoms with Crippen molar-refractivity contribution in [3.8, 4) is 17.2 Å². The van der Waals surface area contributed by atoms with E-state index in [2.05, 4.69) is 0 Å². The maximum atomic E-state index is 13.0. The maximum absolute atomic E-state index is 13.0. The first-order chi connectivity index (χ1) is 11.6. The number of aliphatic hydroxyl groups excluding tert-OH is 1. The van der Waals surface area contributed by atoms with Crippen LogP contribution in [0.15, 0.2) is 12.1 Å². The third-order valence-corrected chi connectivity index (χ3v) is 5.06. The van der Waals surface area contributed by atoms with Gasteiger partial charge in [-0.3, -0.25) is 4.79 Å². The number of rotatable bonds is 5. The van der Waals surface area contributed by atoms with E-state index in [9.17, 15) is 9.90 Å². The Hall–Kier alpha value is -1.99. The first-order valence-electron chi connectivity index (χ1n) is 7.87. The summed E-state index contributed by atoms with van der Waals surface area (Å²) in [4.78, 5) is 14.8. The topological polar surface area (TPSA) is 77.5 Å². The molecule has 2 saturated heterocycles. The van der Waals surface area contributed by atoms with Crippen LogP contribution in [0.5, 0.6) is 17.2 Å². The molecule has 2 atom stereocenters. The molecule has 1 N–H and O–H groups in total. The smallest absolute Gasteiger partial charge is 0.257 e. The van der Waals surface area contributed by atoms with Gasteiger partial charge in [0.2, 0.25) is 5.75 Å². The number of benzene rings is 1. The lowest BCUT2D eigenvalue weighted by atomic mass is 9.82. The van der Waals surface area contributed by atoms with Gasteiger partial charge in [-0.2, -0.15) is 0 Å². The van der Waals surface area contributed by atoms with Gasteiger partial charge in [0.05, 0.1) is 46.7 Å². The minimum atomic E-state index is -0.348. The van der Waals surface area contributed by atoms with Crippen molar-refractivity contribution in [3.05, 3.63) is 17.7 Å². The molecule has 2 fully saturated rings. The molecule has 1 aromatic rings. The van der Waals surface area contributed by atoms with Gasteiger partial charge in [0, 0.05) is 24.4 Å². The first kappa shape index (κ1) is 16.9. The predicted octanol–water partition coefficient (Wildman–Crippen LogP) is 0.793. The fourth-order valence-corrected chi connectivity index (χ4v) is 3.65. The summed E-state index contributed by atoms with van der Waals surface area (Å²) in [6.45, 7) is 2.13. The van der Waals surface area contributed by atoms with Crippen molar-refractivity contribution in [1.82, 2.24) is 4.90 Å². The molecule has 0 unspecified atom stereocenters. The zero-order chi connectivity index (χ0) is 17.3. The minimum absolute atomic E-state index is 0.0184. The Bertz CT molecular complexity index is 634. The fraction of sp³-hybridized carbons (Fsp3) is 0.588. The summed E-state index contributed by atoms with van der Waals surface area (Å²) < 4.78 is 21.5. The van der Waals surface area contributed by atoms with Crippen LogP contribution >= 0.6 is 0 Å². The highest BCUT2D eigenvalue weighted by atomic mass is 16.5. The molecular weight excluding hydrogens is 314 g/mol. The Labute approximate surface area is 141 Å². The summed E-state index contributed by atoms with van der Waals surface area (Å²) in [5, 5.41) is 9.77. The average molecular weight is 337 g/mol. The summed E-state index contributed by atoms with van der Waals surface area (Å²) in [6.07, 6.45) is 0. The van der Waals surface area contributed by atoms with Gasteiger partial charge in [0.1, 0.15) is 0 Å². The molecule has 0 saturated carbocycles. The zero-order valence-corrected chi connectivity index (χ0v) is 14.2. The number of amides is 1. The van der Waals surface area contributed by atoms with Crippen molar-refractivity contribution >= 4 is 5.91 Å². The van der Waals surface area contributed by atoms with E-state index < -0.39 is 0 Å². The highest BCUT2D eigenvalue weighted by Crippen LogP contribution is 2.44. The Kier molecular flexibility index (Phi) is 4.56. The van der Waals surface area contributed by atoms with Gasteiger partial charge in [0.25, 0.3) is 5.91 Å². The van der Waals surface area contributed by atoms with E-state index in [0.717, 1.165) is 0 Å². The molecule has 0 radical (unpaired) electrons. The second kappa shape index (κ2) is 6.49. The number of methoxy groups -OCH3 is 3. The molecular formula is C17H23NO6. The van der Waals surface area contributed by atoms with Gasteiger partial charge in [0.15, 0.2) is 11.5 Å². The van der Waals surface area contributed by atoms with Crippen molar-refractivity contribution in [2.45, 2.75) is 0 Å². The Morgan fingerprint density at radius 1 is 1.29 bits per heavy atom. The molecule has 0 bridgehead atoms. The van der Waals surface area contributed by atoms with Crippen molar-refractivity contribution in [3.63, 3.8) is 0 Å². The van der Waals surface area contributed by atoms with Crippen LogP contribution in [0.2, 0.25) is 0 Å². The number of carbonyl (C=O) groups is 1. The van der Waals surface area contributed by atoms with Crippen LogP contribution in [0.3, 0.4) is 0 Å². The minimum Gasteiger partial charge on any atom is -0.493 e. The predicted molar refractivity (Wildman–Crippen MR) is 85.8 cm³/mol. The van der Waals surface area contributed by atoms with E-state index in [1.807, 2.05) is 0 Å². The lowest BCUT2D eigenvalue weighted by Gasteiger charge is -2.24. The van der Waals surface area contributed by atoms with Crippen molar-refractivity contribution in [2.24, 2.45) is 11.3 Å². The number of carbonyl (C=O) groups excluding carboxylic acids is 1. The highest BCUT2D eigenvalue weighted by Gasteiger charge is 2.51. The third kappa shape index (κ3) is 2.48. The molecule has 7 heteroatoms. The van der Waals surface area contributed by atoms with E-state index in [4.69, 9.17) is 18.9 Å². The number of ether oxygens (including phenoxy) is 4. The largest absolute Gasteiger partial charge is 0.493 e. The molecule has 7 nitrogen and oxygen atoms in total. The summed E-state index contributed by atoms with van der Waals surface area (Å²) in [6, 6.07) is 3.37. The molecule has 2 aliphatic rings. The molecule has 24 heavy (non-hydrogen) atoms. The summed E-state index contributed by atoms with van der Waals surface area (Å²) in [5.74, 6) is 1.27. The zero-order valence-electron chi connectivity index (χ0n) is 14.2. The highest BCUT2D eigenvalue weighted by molar-refractivity contribution is 5.98. The quantitative estimate of drug-likeness (QED) is 0.856. The van der Waals surface area contributed by atoms with Crippen molar-refractivity contribution < 1.29 is 28.8 Å². The van der Waals surface area contributed by atoms with Gasteiger partial charge in [-0.05, 0) is 12.1 Å². The number of nitrogens with zero attached hydrogens (tertiary/aromatic N) is 1. The van der Waals surface area contributed by atoms with E-state index in [0.29, 0.717) is 49.1 Å². The van der Waals surface area contributed by atoms with Crippen LogP contribution in [-0.2, 0) is 4.74 Å². The van der Waals surface area contributed by atoms with Crippen molar-refractivity contribution in [2.75, 3.05) is 54.2 Å². The van der Waals surface area contributed by atoms with Gasteiger partial charge in [-0.25, -0.2) is 0 Å². The summed E-state index contributed by atoms with van der Waals surface area (Å²) in [5.41, 5.74) is 0.0727.